The second kappa shape index (κ2) is 18.4. The minimum Gasteiger partial charge on any atom is -0.480 e. The van der Waals surface area contributed by atoms with E-state index in [2.05, 4.69) is 26.3 Å². The zero-order valence-corrected chi connectivity index (χ0v) is 24.8. The average Bonchev–Trinajstić information content (AvgIpc) is 2.93. The van der Waals surface area contributed by atoms with Crippen molar-refractivity contribution in [2.24, 2.45) is 22.2 Å². The fourth-order valence-corrected chi connectivity index (χ4v) is 3.95. The van der Waals surface area contributed by atoms with Crippen LogP contribution in [0.3, 0.4) is 0 Å². The molecule has 4 amide bonds. The van der Waals surface area contributed by atoms with Crippen molar-refractivity contribution < 1.29 is 44.4 Å². The number of nitrogens with zero attached hydrogens (tertiary/aromatic N) is 1. The molecule has 246 valence electrons. The maximum absolute atomic E-state index is 13.1. The molecule has 0 saturated carbocycles. The van der Waals surface area contributed by atoms with Crippen LogP contribution in [0, 0.1) is 0 Å². The molecule has 0 heterocycles. The smallest absolute Gasteiger partial charge is 0.326 e. The number of hydrogen-bond donors (Lipinski definition) is 11. The summed E-state index contributed by atoms with van der Waals surface area (Å²) in [6, 6.07) is 1.36. The summed E-state index contributed by atoms with van der Waals surface area (Å²) in [5, 5.41) is 49.0. The maximum Gasteiger partial charge on any atom is 0.326 e. The Kier molecular flexibility index (Phi) is 15.7. The van der Waals surface area contributed by atoms with Crippen molar-refractivity contribution in [2.75, 3.05) is 6.54 Å². The first kappa shape index (κ1) is 37.7. The number of carbonyl (C=O) groups excluding carboxylic acids is 4. The van der Waals surface area contributed by atoms with Crippen molar-refractivity contribution in [1.82, 2.24) is 21.3 Å². The highest BCUT2D eigenvalue weighted by Crippen LogP contribution is 2.06. The number of aliphatic hydroxyl groups excluding tert-OH is 3. The van der Waals surface area contributed by atoms with Gasteiger partial charge in [-0.2, -0.15) is 0 Å². The van der Waals surface area contributed by atoms with Gasteiger partial charge in [-0.15, -0.1) is 0 Å². The molecule has 1 aromatic carbocycles. The second-order valence-corrected chi connectivity index (χ2v) is 10.3. The molecule has 0 radical (unpaired) electrons. The van der Waals surface area contributed by atoms with Gasteiger partial charge in [0.25, 0.3) is 0 Å². The summed E-state index contributed by atoms with van der Waals surface area (Å²) in [4.78, 5) is 67.0. The Balaban J connectivity index is 2.95. The SMILES string of the molecule is C[C@@H](O)[C@H](NC(=O)[C@@H](NC(=O)[C@@H](NC(=O)[C@@H](N)Cc1ccccc1)[C@@H](C)O)[C@@H](C)O)C(=O)N[C@@H](CCCN=C(N)N)C(=O)O. The van der Waals surface area contributed by atoms with Crippen LogP contribution in [0.25, 0.3) is 0 Å². The minimum absolute atomic E-state index is 0.0772. The molecule has 0 spiro atoms. The zero-order chi connectivity index (χ0) is 33.6. The van der Waals surface area contributed by atoms with Crippen molar-refractivity contribution in [3.8, 4) is 0 Å². The average molecular weight is 625 g/mol. The van der Waals surface area contributed by atoms with E-state index in [1.807, 2.05) is 0 Å². The third-order valence-corrected chi connectivity index (χ3v) is 6.38. The van der Waals surface area contributed by atoms with Crippen molar-refractivity contribution in [3.63, 3.8) is 0 Å². The topological polar surface area (TPSA) is 305 Å². The predicted octanol–water partition coefficient (Wildman–Crippen LogP) is -4.22. The number of amides is 4. The highest BCUT2D eigenvalue weighted by molar-refractivity contribution is 5.96. The van der Waals surface area contributed by atoms with E-state index >= 15 is 0 Å². The summed E-state index contributed by atoms with van der Waals surface area (Å²) in [5.41, 5.74) is 17.2. The van der Waals surface area contributed by atoms with Gasteiger partial charge in [0, 0.05) is 6.54 Å². The molecule has 17 nitrogen and oxygen atoms in total. The van der Waals surface area contributed by atoms with Gasteiger partial charge in [0.2, 0.25) is 23.6 Å². The molecular weight excluding hydrogens is 580 g/mol. The molecule has 0 bridgehead atoms. The molecule has 14 N–H and O–H groups in total. The summed E-state index contributed by atoms with van der Waals surface area (Å²) in [6.45, 7) is 3.63. The number of aliphatic carboxylic acids is 1. The van der Waals surface area contributed by atoms with Gasteiger partial charge in [-0.3, -0.25) is 24.2 Å². The van der Waals surface area contributed by atoms with E-state index in [9.17, 15) is 44.4 Å². The Hall–Kier alpha value is -4.32. The van der Waals surface area contributed by atoms with E-state index in [0.29, 0.717) is 0 Å². The summed E-state index contributed by atoms with van der Waals surface area (Å²) in [7, 11) is 0. The summed E-state index contributed by atoms with van der Waals surface area (Å²) < 4.78 is 0. The lowest BCUT2D eigenvalue weighted by Gasteiger charge is -2.29. The lowest BCUT2D eigenvalue weighted by Crippen LogP contribution is -2.63. The maximum atomic E-state index is 13.1. The molecule has 0 aromatic heterocycles. The van der Waals surface area contributed by atoms with Crippen LogP contribution >= 0.6 is 0 Å². The van der Waals surface area contributed by atoms with Crippen LogP contribution in [0.2, 0.25) is 0 Å². The minimum atomic E-state index is -1.72. The molecule has 0 aliphatic heterocycles. The van der Waals surface area contributed by atoms with Crippen LogP contribution in [0.4, 0.5) is 0 Å². The molecule has 0 unspecified atom stereocenters. The first-order chi connectivity index (χ1) is 20.5. The van der Waals surface area contributed by atoms with Crippen molar-refractivity contribution in [2.45, 2.75) is 88.6 Å². The van der Waals surface area contributed by atoms with E-state index in [4.69, 9.17) is 17.2 Å². The number of carboxylic acid groups (broad SMARTS) is 1. The Morgan fingerprint density at radius 1 is 0.750 bits per heavy atom. The number of rotatable bonds is 18. The van der Waals surface area contributed by atoms with E-state index in [-0.39, 0.29) is 31.8 Å². The first-order valence-electron chi connectivity index (χ1n) is 13.9. The molecule has 0 fully saturated rings. The number of carboxylic acids is 1. The molecule has 0 saturated heterocycles. The van der Waals surface area contributed by atoms with Gasteiger partial charge in [0.15, 0.2) is 5.96 Å². The van der Waals surface area contributed by atoms with Gasteiger partial charge in [-0.25, -0.2) is 4.79 Å². The number of aliphatic hydroxyl groups is 3. The van der Waals surface area contributed by atoms with Gasteiger partial charge >= 0.3 is 5.97 Å². The number of guanidine groups is 1. The summed E-state index contributed by atoms with van der Waals surface area (Å²) >= 11 is 0. The number of hydrogen-bond acceptors (Lipinski definition) is 10. The molecule has 17 heteroatoms. The third kappa shape index (κ3) is 12.9. The van der Waals surface area contributed by atoms with Crippen molar-refractivity contribution in [1.29, 1.82) is 0 Å². The van der Waals surface area contributed by atoms with Gasteiger partial charge < -0.3 is 58.9 Å². The van der Waals surface area contributed by atoms with Crippen LogP contribution in [0.1, 0.15) is 39.2 Å². The van der Waals surface area contributed by atoms with Gasteiger partial charge in [0.1, 0.15) is 24.2 Å². The van der Waals surface area contributed by atoms with Crippen LogP contribution in [0.5, 0.6) is 0 Å². The van der Waals surface area contributed by atoms with Crippen LogP contribution in [-0.4, -0.2) is 111 Å². The van der Waals surface area contributed by atoms with Crippen LogP contribution in [-0.2, 0) is 30.4 Å². The lowest BCUT2D eigenvalue weighted by molar-refractivity contribution is -0.143. The molecular formula is C27H44N8O9. The molecule has 44 heavy (non-hydrogen) atoms. The van der Waals surface area contributed by atoms with Gasteiger partial charge in [-0.1, -0.05) is 30.3 Å². The summed E-state index contributed by atoms with van der Waals surface area (Å²) in [6.07, 6.45) is -4.28. The Morgan fingerprint density at radius 3 is 1.59 bits per heavy atom. The number of nitrogens with two attached hydrogens (primary N) is 3. The predicted molar refractivity (Wildman–Crippen MR) is 158 cm³/mol. The number of nitrogens with one attached hydrogen (secondary N) is 4. The quantitative estimate of drug-likeness (QED) is 0.0421. The van der Waals surface area contributed by atoms with E-state index in [0.717, 1.165) is 19.4 Å². The number of carbonyl (C=O) groups is 5. The van der Waals surface area contributed by atoms with E-state index in [1.54, 1.807) is 30.3 Å². The Morgan fingerprint density at radius 2 is 1.18 bits per heavy atom. The first-order valence-corrected chi connectivity index (χ1v) is 13.9. The highest BCUT2D eigenvalue weighted by Gasteiger charge is 2.36. The highest BCUT2D eigenvalue weighted by atomic mass is 16.4. The van der Waals surface area contributed by atoms with Crippen molar-refractivity contribution >= 4 is 35.6 Å². The van der Waals surface area contributed by atoms with E-state index in [1.165, 1.54) is 6.92 Å². The van der Waals surface area contributed by atoms with Crippen molar-refractivity contribution in [3.05, 3.63) is 35.9 Å². The standard InChI is InChI=1S/C27H44N8O9/c1-13(36)19(23(40)32-18(26(43)44)10-7-11-31-27(29)30)34-25(42)21(15(3)38)35-24(41)20(14(2)37)33-22(39)17(28)12-16-8-5-4-6-9-16/h4-6,8-9,13-15,17-21,36-38H,7,10-12,28H2,1-3H3,(H,32,40)(H,33,39)(H,34,42)(H,35,41)(H,43,44)(H4,29,30,31)/t13-,14-,15-,17+,18+,19+,20+,21+/m1/s1. The third-order valence-electron chi connectivity index (χ3n) is 6.38. The molecule has 0 aliphatic carbocycles. The zero-order valence-electron chi connectivity index (χ0n) is 24.8. The molecule has 8 atom stereocenters. The van der Waals surface area contributed by atoms with Gasteiger partial charge in [0.05, 0.1) is 24.4 Å². The van der Waals surface area contributed by atoms with Gasteiger partial charge in [-0.05, 0) is 45.6 Å². The molecule has 1 rings (SSSR count). The summed E-state index contributed by atoms with van der Waals surface area (Å²) in [5.74, 6) is -5.56. The fraction of sp³-hybridized carbons (Fsp3) is 0.556. The lowest BCUT2D eigenvalue weighted by atomic mass is 10.0. The second-order valence-electron chi connectivity index (χ2n) is 10.3. The monoisotopic (exact) mass is 624 g/mol. The number of aliphatic imine (C=N–C) groups is 1. The van der Waals surface area contributed by atoms with Crippen LogP contribution < -0.4 is 38.5 Å². The number of benzene rings is 1. The van der Waals surface area contributed by atoms with E-state index < -0.39 is 78.1 Å². The normalized spacial score (nSPS) is 16.4. The Labute approximate surface area is 254 Å². The largest absolute Gasteiger partial charge is 0.480 e. The molecule has 0 aliphatic rings. The fourth-order valence-electron chi connectivity index (χ4n) is 3.95. The Bertz CT molecular complexity index is 1140. The molecule has 1 aromatic rings. The van der Waals surface area contributed by atoms with Crippen LogP contribution in [0.15, 0.2) is 35.3 Å².